The Morgan fingerprint density at radius 3 is 3.25 bits per heavy atom. The zero-order valence-electron chi connectivity index (χ0n) is 7.34. The van der Waals surface area contributed by atoms with Gasteiger partial charge in [0.25, 0.3) is 0 Å². The van der Waals surface area contributed by atoms with E-state index >= 15 is 0 Å². The van der Waals surface area contributed by atoms with Crippen molar-refractivity contribution < 1.29 is 4.74 Å². The van der Waals surface area contributed by atoms with Crippen molar-refractivity contribution >= 4 is 0 Å². The minimum Gasteiger partial charge on any atom is -0.385 e. The van der Waals surface area contributed by atoms with Crippen LogP contribution in [0.15, 0.2) is 12.3 Å². The summed E-state index contributed by atoms with van der Waals surface area (Å²) in [6, 6.07) is 1.96. The Morgan fingerprint density at radius 2 is 2.58 bits per heavy atom. The molecule has 0 saturated carbocycles. The number of rotatable bonds is 6. The molecule has 1 aromatic heterocycles. The van der Waals surface area contributed by atoms with Crippen molar-refractivity contribution in [3.63, 3.8) is 0 Å². The Bertz CT molecular complexity index is 186. The van der Waals surface area contributed by atoms with E-state index in [-0.39, 0.29) is 0 Å². The van der Waals surface area contributed by atoms with Gasteiger partial charge in [0.1, 0.15) is 0 Å². The summed E-state index contributed by atoms with van der Waals surface area (Å²) in [7, 11) is 1.72. The second kappa shape index (κ2) is 5.74. The Morgan fingerprint density at radius 1 is 1.67 bits per heavy atom. The van der Waals surface area contributed by atoms with E-state index in [1.807, 2.05) is 6.07 Å². The van der Waals surface area contributed by atoms with Crippen LogP contribution in [0.4, 0.5) is 0 Å². The van der Waals surface area contributed by atoms with Crippen LogP contribution >= 0.6 is 0 Å². The first-order valence-corrected chi connectivity index (χ1v) is 4.11. The SMILES string of the molecule is COCCCNCc1ccn[nH]1. The first kappa shape index (κ1) is 9.22. The number of hydrogen-bond donors (Lipinski definition) is 2. The Hall–Kier alpha value is -0.870. The fraction of sp³-hybridized carbons (Fsp3) is 0.625. The van der Waals surface area contributed by atoms with E-state index in [1.54, 1.807) is 13.3 Å². The van der Waals surface area contributed by atoms with Crippen molar-refractivity contribution in [2.45, 2.75) is 13.0 Å². The van der Waals surface area contributed by atoms with Gasteiger partial charge in [-0.15, -0.1) is 0 Å². The van der Waals surface area contributed by atoms with Crippen LogP contribution in [0.1, 0.15) is 12.1 Å². The van der Waals surface area contributed by atoms with Crippen LogP contribution in [0.3, 0.4) is 0 Å². The molecular formula is C8H15N3O. The molecule has 0 saturated heterocycles. The molecule has 4 heteroatoms. The first-order chi connectivity index (χ1) is 5.93. The molecule has 0 atom stereocenters. The summed E-state index contributed by atoms with van der Waals surface area (Å²) in [5, 5.41) is 10.0. The molecule has 0 aliphatic carbocycles. The lowest BCUT2D eigenvalue weighted by Crippen LogP contribution is -2.16. The van der Waals surface area contributed by atoms with Crippen molar-refractivity contribution in [2.24, 2.45) is 0 Å². The predicted octanol–water partition coefficient (Wildman–Crippen LogP) is 0.536. The van der Waals surface area contributed by atoms with E-state index in [4.69, 9.17) is 4.74 Å². The summed E-state index contributed by atoms with van der Waals surface area (Å²) >= 11 is 0. The summed E-state index contributed by atoms with van der Waals surface area (Å²) in [6.45, 7) is 2.65. The van der Waals surface area contributed by atoms with Gasteiger partial charge in [-0.3, -0.25) is 5.10 Å². The van der Waals surface area contributed by atoms with E-state index in [0.29, 0.717) is 0 Å². The molecule has 12 heavy (non-hydrogen) atoms. The van der Waals surface area contributed by atoms with Gasteiger partial charge in [0, 0.05) is 32.2 Å². The summed E-state index contributed by atoms with van der Waals surface area (Å²) in [5.74, 6) is 0. The molecule has 0 bridgehead atoms. The summed E-state index contributed by atoms with van der Waals surface area (Å²) in [6.07, 6.45) is 2.80. The van der Waals surface area contributed by atoms with E-state index in [0.717, 1.165) is 31.8 Å². The van der Waals surface area contributed by atoms with Gasteiger partial charge in [0.05, 0.1) is 0 Å². The van der Waals surface area contributed by atoms with E-state index in [9.17, 15) is 0 Å². The number of nitrogens with one attached hydrogen (secondary N) is 2. The number of aromatic nitrogens is 2. The van der Waals surface area contributed by atoms with Crippen molar-refractivity contribution in [3.8, 4) is 0 Å². The second-order valence-corrected chi connectivity index (χ2v) is 2.61. The molecule has 0 amide bonds. The minimum absolute atomic E-state index is 0.815. The maximum atomic E-state index is 4.92. The van der Waals surface area contributed by atoms with E-state index in [2.05, 4.69) is 15.5 Å². The number of ether oxygens (including phenoxy) is 1. The van der Waals surface area contributed by atoms with Crippen LogP contribution in [0.2, 0.25) is 0 Å². The third kappa shape index (κ3) is 3.50. The molecule has 0 radical (unpaired) electrons. The third-order valence-electron chi connectivity index (χ3n) is 1.58. The van der Waals surface area contributed by atoms with Gasteiger partial charge in [-0.2, -0.15) is 5.10 Å². The van der Waals surface area contributed by atoms with Crippen molar-refractivity contribution in [1.82, 2.24) is 15.5 Å². The summed E-state index contributed by atoms with van der Waals surface area (Å²) in [5.41, 5.74) is 1.12. The van der Waals surface area contributed by atoms with Crippen LogP contribution in [-0.2, 0) is 11.3 Å². The van der Waals surface area contributed by atoms with Gasteiger partial charge in [0.2, 0.25) is 0 Å². The van der Waals surface area contributed by atoms with Gasteiger partial charge in [0.15, 0.2) is 0 Å². The Kier molecular flexibility index (Phi) is 4.41. The zero-order valence-corrected chi connectivity index (χ0v) is 7.34. The molecule has 0 unspecified atom stereocenters. The van der Waals surface area contributed by atoms with Crippen LogP contribution in [0.25, 0.3) is 0 Å². The minimum atomic E-state index is 0.815. The van der Waals surface area contributed by atoms with Crippen LogP contribution in [0, 0.1) is 0 Å². The molecular weight excluding hydrogens is 154 g/mol. The number of aromatic amines is 1. The highest BCUT2D eigenvalue weighted by Gasteiger charge is 1.91. The number of methoxy groups -OCH3 is 1. The largest absolute Gasteiger partial charge is 0.385 e. The monoisotopic (exact) mass is 169 g/mol. The number of hydrogen-bond acceptors (Lipinski definition) is 3. The summed E-state index contributed by atoms with van der Waals surface area (Å²) in [4.78, 5) is 0. The molecule has 2 N–H and O–H groups in total. The molecule has 68 valence electrons. The highest BCUT2D eigenvalue weighted by atomic mass is 16.5. The lowest BCUT2D eigenvalue weighted by atomic mass is 10.4. The van der Waals surface area contributed by atoms with Crippen molar-refractivity contribution in [1.29, 1.82) is 0 Å². The molecule has 0 spiro atoms. The lowest BCUT2D eigenvalue weighted by Gasteiger charge is -2.01. The predicted molar refractivity (Wildman–Crippen MR) is 46.8 cm³/mol. The van der Waals surface area contributed by atoms with Crippen LogP contribution < -0.4 is 5.32 Å². The average Bonchev–Trinajstić information content (AvgIpc) is 2.57. The average molecular weight is 169 g/mol. The topological polar surface area (TPSA) is 49.9 Å². The van der Waals surface area contributed by atoms with Crippen LogP contribution in [0.5, 0.6) is 0 Å². The third-order valence-corrected chi connectivity index (χ3v) is 1.58. The van der Waals surface area contributed by atoms with E-state index < -0.39 is 0 Å². The quantitative estimate of drug-likeness (QED) is 0.611. The van der Waals surface area contributed by atoms with Gasteiger partial charge in [-0.05, 0) is 19.0 Å². The molecule has 0 aromatic carbocycles. The highest BCUT2D eigenvalue weighted by Crippen LogP contribution is 1.89. The maximum absolute atomic E-state index is 4.92. The van der Waals surface area contributed by atoms with Gasteiger partial charge < -0.3 is 10.1 Å². The summed E-state index contributed by atoms with van der Waals surface area (Å²) < 4.78 is 4.92. The Balaban J connectivity index is 1.96. The van der Waals surface area contributed by atoms with Gasteiger partial charge in [-0.25, -0.2) is 0 Å². The molecule has 0 aliphatic heterocycles. The van der Waals surface area contributed by atoms with Gasteiger partial charge >= 0.3 is 0 Å². The smallest absolute Gasteiger partial charge is 0.0490 e. The highest BCUT2D eigenvalue weighted by molar-refractivity contribution is 4.96. The standard InChI is InChI=1S/C8H15N3O/c1-12-6-2-4-9-7-8-3-5-10-11-8/h3,5,9H,2,4,6-7H2,1H3,(H,10,11). The normalized spacial score (nSPS) is 10.4. The zero-order chi connectivity index (χ0) is 8.65. The van der Waals surface area contributed by atoms with Crippen LogP contribution in [-0.4, -0.2) is 30.5 Å². The molecule has 4 nitrogen and oxygen atoms in total. The molecule has 1 rings (SSSR count). The first-order valence-electron chi connectivity index (χ1n) is 4.11. The number of nitrogens with zero attached hydrogens (tertiary/aromatic N) is 1. The number of H-pyrrole nitrogens is 1. The fourth-order valence-corrected chi connectivity index (χ4v) is 0.948. The van der Waals surface area contributed by atoms with Gasteiger partial charge in [-0.1, -0.05) is 0 Å². The van der Waals surface area contributed by atoms with Crippen molar-refractivity contribution in [2.75, 3.05) is 20.3 Å². The molecule has 1 heterocycles. The molecule has 0 aliphatic rings. The molecule has 0 fully saturated rings. The molecule has 1 aromatic rings. The van der Waals surface area contributed by atoms with Crippen molar-refractivity contribution in [3.05, 3.63) is 18.0 Å². The second-order valence-electron chi connectivity index (χ2n) is 2.61. The Labute approximate surface area is 72.3 Å². The lowest BCUT2D eigenvalue weighted by molar-refractivity contribution is 0.194. The maximum Gasteiger partial charge on any atom is 0.0490 e. The van der Waals surface area contributed by atoms with E-state index in [1.165, 1.54) is 0 Å². The fourth-order valence-electron chi connectivity index (χ4n) is 0.948.